The monoisotopic (exact) mass is 910 g/mol. The summed E-state index contributed by atoms with van der Waals surface area (Å²) in [5.41, 5.74) is 13.9. The highest BCUT2D eigenvalue weighted by Gasteiger charge is 2.33. The van der Waals surface area contributed by atoms with E-state index in [1.165, 1.54) is 64.6 Å². The molecule has 15 rings (SSSR count). The number of pyridine rings is 2. The fourth-order valence-electron chi connectivity index (χ4n) is 12.1. The Bertz CT molecular complexity index is 4660. The van der Waals surface area contributed by atoms with E-state index < -0.39 is 0 Å². The lowest BCUT2D eigenvalue weighted by molar-refractivity contribution is 1.34. The molecule has 2 nitrogen and oxygen atoms in total. The second-order valence-electron chi connectivity index (χ2n) is 19.1. The number of para-hydroxylation sites is 1. The summed E-state index contributed by atoms with van der Waals surface area (Å²) >= 11 is 0. The molecule has 0 atom stereocenters. The topological polar surface area (TPSA) is 25.8 Å². The predicted molar refractivity (Wildman–Crippen MR) is 306 cm³/mol. The average Bonchev–Trinajstić information content (AvgIpc) is 3.45. The van der Waals surface area contributed by atoms with Gasteiger partial charge in [0.15, 0.2) is 0 Å². The smallest absolute Gasteiger partial charge is 0.0793 e. The van der Waals surface area contributed by atoms with Crippen LogP contribution in [-0.4, -0.2) is 9.97 Å². The van der Waals surface area contributed by atoms with E-state index in [1.54, 1.807) is 0 Å². The van der Waals surface area contributed by atoms with Crippen molar-refractivity contribution in [2.24, 2.45) is 0 Å². The molecule has 332 valence electrons. The third kappa shape index (κ3) is 6.09. The zero-order valence-electron chi connectivity index (χ0n) is 39.1. The van der Waals surface area contributed by atoms with Gasteiger partial charge in [0.25, 0.3) is 0 Å². The average molecular weight is 911 g/mol. The van der Waals surface area contributed by atoms with Gasteiger partial charge in [-0.05, 0) is 122 Å². The van der Waals surface area contributed by atoms with Crippen LogP contribution in [0.1, 0.15) is 0 Å². The Balaban J connectivity index is 1.28. The molecule has 0 aliphatic heterocycles. The Labute approximate surface area is 416 Å². The maximum atomic E-state index is 5.76. The number of aromatic nitrogens is 2. The quantitative estimate of drug-likeness (QED) is 0.155. The van der Waals surface area contributed by atoms with Crippen molar-refractivity contribution in [3.05, 3.63) is 255 Å². The van der Waals surface area contributed by atoms with E-state index >= 15 is 0 Å². The number of fused-ring (bicyclic) bond motifs is 6. The van der Waals surface area contributed by atoms with Crippen LogP contribution in [0.3, 0.4) is 0 Å². The molecular formula is C70H42N2. The zero-order chi connectivity index (χ0) is 47.3. The number of hydrogen-bond donors (Lipinski definition) is 0. The van der Waals surface area contributed by atoms with Gasteiger partial charge in [-0.3, -0.25) is 4.98 Å². The lowest BCUT2D eigenvalue weighted by atomic mass is 9.73. The maximum absolute atomic E-state index is 5.76. The van der Waals surface area contributed by atoms with Gasteiger partial charge in [0.2, 0.25) is 0 Å². The first kappa shape index (κ1) is 40.4. The van der Waals surface area contributed by atoms with Gasteiger partial charge < -0.3 is 0 Å². The van der Waals surface area contributed by atoms with Gasteiger partial charge >= 0.3 is 0 Å². The predicted octanol–water partition coefficient (Wildman–Crippen LogP) is 19.1. The molecule has 0 radical (unpaired) electrons. The van der Waals surface area contributed by atoms with Gasteiger partial charge in [0.05, 0.1) is 16.9 Å². The Morgan fingerprint density at radius 1 is 0.236 bits per heavy atom. The van der Waals surface area contributed by atoms with Crippen molar-refractivity contribution in [2.45, 2.75) is 0 Å². The first-order valence-corrected chi connectivity index (χ1v) is 24.8. The van der Waals surface area contributed by atoms with E-state index in [0.29, 0.717) is 0 Å². The normalized spacial score (nSPS) is 11.9. The second-order valence-corrected chi connectivity index (χ2v) is 19.1. The minimum absolute atomic E-state index is 0.882. The van der Waals surface area contributed by atoms with E-state index in [1.807, 2.05) is 6.20 Å². The minimum Gasteiger partial charge on any atom is -0.256 e. The van der Waals surface area contributed by atoms with E-state index in [4.69, 9.17) is 9.97 Å². The fourth-order valence-corrected chi connectivity index (χ4v) is 12.1. The van der Waals surface area contributed by atoms with Crippen LogP contribution in [0.2, 0.25) is 0 Å². The summed E-state index contributed by atoms with van der Waals surface area (Å²) in [7, 11) is 0. The Hall–Kier alpha value is -9.50. The van der Waals surface area contributed by atoms with Gasteiger partial charge in [0, 0.05) is 39.2 Å². The standard InChI is InChI=1S/C70H42N2/c1-2-19-47(20-3-1)64-65(56-28-13-21-43-15-4-9-25-52(43)56)66(57-29-14-27-54-51-24-8-5-16-44(51)33-37-55(54)57)67(59-39-35-50-32-31-48-22-12-23-49-34-38-58(59)63(50)62(48)49)68(61-40-36-46-18-7-11-30-60(46)72-61)69(64)70-53-26-10-6-17-45(53)41-42-71-70/h1-42H. The number of rotatable bonds is 6. The molecule has 13 aromatic carbocycles. The van der Waals surface area contributed by atoms with Gasteiger partial charge in [-0.25, -0.2) is 4.98 Å². The summed E-state index contributed by atoms with van der Waals surface area (Å²) in [5, 5.41) is 17.9. The third-order valence-electron chi connectivity index (χ3n) is 15.2. The molecule has 0 bridgehead atoms. The maximum Gasteiger partial charge on any atom is 0.0793 e. The van der Waals surface area contributed by atoms with Crippen LogP contribution in [0.5, 0.6) is 0 Å². The molecule has 0 saturated heterocycles. The molecule has 2 heterocycles. The van der Waals surface area contributed by atoms with Crippen molar-refractivity contribution in [2.75, 3.05) is 0 Å². The molecule has 2 aromatic heterocycles. The summed E-state index contributed by atoms with van der Waals surface area (Å²) in [6.45, 7) is 0. The zero-order valence-corrected chi connectivity index (χ0v) is 39.1. The van der Waals surface area contributed by atoms with Crippen molar-refractivity contribution in [1.82, 2.24) is 9.97 Å². The summed E-state index contributed by atoms with van der Waals surface area (Å²) in [4.78, 5) is 11.3. The summed E-state index contributed by atoms with van der Waals surface area (Å²) in [6, 6.07) is 91.6. The van der Waals surface area contributed by atoms with Gasteiger partial charge in [-0.15, -0.1) is 0 Å². The first-order valence-electron chi connectivity index (χ1n) is 24.8. The van der Waals surface area contributed by atoms with Crippen molar-refractivity contribution < 1.29 is 0 Å². The molecule has 0 N–H and O–H groups in total. The highest BCUT2D eigenvalue weighted by atomic mass is 14.7. The molecule has 0 amide bonds. The molecule has 0 saturated carbocycles. The van der Waals surface area contributed by atoms with E-state index in [2.05, 4.69) is 249 Å². The molecule has 0 aliphatic rings. The van der Waals surface area contributed by atoms with Crippen LogP contribution in [0.15, 0.2) is 255 Å². The summed E-state index contributed by atoms with van der Waals surface area (Å²) in [6.07, 6.45) is 1.99. The molecule has 72 heavy (non-hydrogen) atoms. The van der Waals surface area contributed by atoms with Crippen molar-refractivity contribution in [1.29, 1.82) is 0 Å². The van der Waals surface area contributed by atoms with Gasteiger partial charge in [0.1, 0.15) is 0 Å². The minimum atomic E-state index is 0.882. The first-order chi connectivity index (χ1) is 35.7. The highest BCUT2D eigenvalue weighted by molar-refractivity contribution is 6.29. The molecule has 0 aliphatic carbocycles. The molecule has 0 unspecified atom stereocenters. The van der Waals surface area contributed by atoms with Crippen LogP contribution in [0.25, 0.3) is 153 Å². The largest absolute Gasteiger partial charge is 0.256 e. The second kappa shape index (κ2) is 16.0. The van der Waals surface area contributed by atoms with Crippen LogP contribution in [0.4, 0.5) is 0 Å². The van der Waals surface area contributed by atoms with Crippen LogP contribution in [-0.2, 0) is 0 Å². The van der Waals surface area contributed by atoms with E-state index in [0.717, 1.165) is 88.7 Å². The molecule has 2 heteroatoms. The Morgan fingerprint density at radius 2 is 0.736 bits per heavy atom. The Morgan fingerprint density at radius 3 is 1.56 bits per heavy atom. The SMILES string of the molecule is c1ccc(-c2c(-c3cccc4ccccc34)c(-c3cccc4c3ccc3ccccc34)c(-c3ccc4ccc5cccc6ccc3c4c56)c(-c3ccc4ccccc4n3)c2-c2nccc3ccccc23)cc1. The van der Waals surface area contributed by atoms with E-state index in [-0.39, 0.29) is 0 Å². The molecule has 0 fully saturated rings. The van der Waals surface area contributed by atoms with Gasteiger partial charge in [-0.2, -0.15) is 0 Å². The molecule has 0 spiro atoms. The highest BCUT2D eigenvalue weighted by Crippen LogP contribution is 2.59. The summed E-state index contributed by atoms with van der Waals surface area (Å²) < 4.78 is 0. The Kier molecular flexibility index (Phi) is 8.99. The van der Waals surface area contributed by atoms with E-state index in [9.17, 15) is 0 Å². The number of nitrogens with zero attached hydrogens (tertiary/aromatic N) is 2. The lowest BCUT2D eigenvalue weighted by Gasteiger charge is -2.30. The summed E-state index contributed by atoms with van der Waals surface area (Å²) in [5.74, 6) is 0. The third-order valence-corrected chi connectivity index (χ3v) is 15.2. The molecule has 15 aromatic rings. The van der Waals surface area contributed by atoms with Crippen LogP contribution < -0.4 is 0 Å². The van der Waals surface area contributed by atoms with Gasteiger partial charge in [-0.1, -0.05) is 231 Å². The number of benzene rings is 13. The van der Waals surface area contributed by atoms with Crippen molar-refractivity contribution >= 4 is 86.3 Å². The van der Waals surface area contributed by atoms with Crippen LogP contribution in [0, 0.1) is 0 Å². The lowest BCUT2D eigenvalue weighted by Crippen LogP contribution is -2.05. The van der Waals surface area contributed by atoms with Crippen LogP contribution >= 0.6 is 0 Å². The fraction of sp³-hybridized carbons (Fsp3) is 0. The number of hydrogen-bond acceptors (Lipinski definition) is 2. The van der Waals surface area contributed by atoms with Crippen molar-refractivity contribution in [3.8, 4) is 67.0 Å². The van der Waals surface area contributed by atoms with Crippen molar-refractivity contribution in [3.63, 3.8) is 0 Å². The molecular weight excluding hydrogens is 869 g/mol.